The van der Waals surface area contributed by atoms with Crippen LogP contribution < -0.4 is 10.2 Å². The largest absolute Gasteiger partial charge is 0.444 e. The summed E-state index contributed by atoms with van der Waals surface area (Å²) in [7, 11) is 0. The van der Waals surface area contributed by atoms with E-state index in [0.29, 0.717) is 29.0 Å². The van der Waals surface area contributed by atoms with Crippen LogP contribution >= 0.6 is 11.3 Å². The molecule has 0 bridgehead atoms. The summed E-state index contributed by atoms with van der Waals surface area (Å²) in [6.07, 6.45) is 2.84. The number of thiophene rings is 1. The number of hydrogen-bond acceptors (Lipinski definition) is 12. The second-order valence-corrected chi connectivity index (χ2v) is 14.9. The molecule has 0 radical (unpaired) electrons. The number of anilines is 2. The number of hydrogen-bond donors (Lipinski definition) is 1. The van der Waals surface area contributed by atoms with Crippen LogP contribution in [0.1, 0.15) is 43.9 Å². The molecule has 4 aliphatic rings. The first kappa shape index (κ1) is 32.2. The smallest absolute Gasteiger partial charge is 0.412 e. The standard InChI is InChI=1S/C34H36F2N8O4S/c1-34(2,3)48-33(45)41-31-20(10-37)26-29(38-12-24(35)30(26)49-31)25-23-17-47-16-22(23)21-11-39-32(40-28(21)27(25)36)44-5-4-18(13-44)42-6-8-43(9-7-42)19-14-46-15-19/h11-12,18-19H,4-9,13-17H2,1-3H3,(H,41,45)/t18-/m1/s1. The minimum atomic E-state index is -0.795. The molecule has 8 rings (SSSR count). The fourth-order valence-corrected chi connectivity index (χ4v) is 8.32. The second-order valence-electron chi connectivity index (χ2n) is 13.9. The number of aromatic nitrogens is 3. The summed E-state index contributed by atoms with van der Waals surface area (Å²) >= 11 is 0.870. The number of ether oxygens (including phenoxy) is 3. The zero-order chi connectivity index (χ0) is 34.0. The number of fused-ring (bicyclic) bond motifs is 4. The summed E-state index contributed by atoms with van der Waals surface area (Å²) in [5.74, 6) is -0.900. The zero-order valence-corrected chi connectivity index (χ0v) is 28.3. The van der Waals surface area contributed by atoms with Gasteiger partial charge in [0.05, 0.1) is 54.6 Å². The quantitative estimate of drug-likeness (QED) is 0.303. The highest BCUT2D eigenvalue weighted by Gasteiger charge is 2.35. The number of amides is 1. The normalized spacial score (nSPS) is 20.5. The van der Waals surface area contributed by atoms with Crippen molar-refractivity contribution in [3.8, 4) is 17.3 Å². The van der Waals surface area contributed by atoms with E-state index < -0.39 is 23.3 Å². The Hall–Kier alpha value is -4.07. The SMILES string of the molecule is CC(C)(C)OC(=O)Nc1sc2c(F)cnc(-c3c4c(c5cnc(N6CC[C@@H](N7CCN(C8COC8)CC7)C6)nc5c3F)COC4)c2c1C#N. The molecule has 0 spiro atoms. The van der Waals surface area contributed by atoms with Gasteiger partial charge in [0.25, 0.3) is 0 Å². The van der Waals surface area contributed by atoms with Crippen LogP contribution in [0.15, 0.2) is 12.4 Å². The number of halogens is 2. The van der Waals surface area contributed by atoms with Crippen LogP contribution in [-0.4, -0.2) is 101 Å². The molecule has 49 heavy (non-hydrogen) atoms. The lowest BCUT2D eigenvalue weighted by Gasteiger charge is -2.44. The summed E-state index contributed by atoms with van der Waals surface area (Å²) in [5, 5.41) is 13.5. The highest BCUT2D eigenvalue weighted by atomic mass is 32.1. The van der Waals surface area contributed by atoms with Crippen molar-refractivity contribution in [1.29, 1.82) is 5.26 Å². The van der Waals surface area contributed by atoms with Gasteiger partial charge in [-0.05, 0) is 38.3 Å². The van der Waals surface area contributed by atoms with Gasteiger partial charge in [0.2, 0.25) is 5.95 Å². The van der Waals surface area contributed by atoms with E-state index in [1.165, 1.54) is 0 Å². The predicted octanol–water partition coefficient (Wildman–Crippen LogP) is 5.03. The maximum Gasteiger partial charge on any atom is 0.412 e. The molecule has 3 fully saturated rings. The van der Waals surface area contributed by atoms with Crippen LogP contribution in [0.2, 0.25) is 0 Å². The Kier molecular flexibility index (Phi) is 8.11. The van der Waals surface area contributed by atoms with Crippen LogP contribution in [0.5, 0.6) is 0 Å². The topological polar surface area (TPSA) is 129 Å². The van der Waals surface area contributed by atoms with E-state index >= 15 is 8.78 Å². The average Bonchev–Trinajstić information content (AvgIpc) is 3.80. The lowest BCUT2D eigenvalue weighted by molar-refractivity contribution is -0.0791. The maximum absolute atomic E-state index is 17.0. The highest BCUT2D eigenvalue weighted by Crippen LogP contribution is 2.46. The van der Waals surface area contributed by atoms with E-state index in [-0.39, 0.29) is 50.6 Å². The second kappa shape index (κ2) is 12.4. The van der Waals surface area contributed by atoms with E-state index in [1.54, 1.807) is 27.0 Å². The van der Waals surface area contributed by atoms with Crippen molar-refractivity contribution in [3.63, 3.8) is 0 Å². The lowest BCUT2D eigenvalue weighted by Crippen LogP contribution is -2.58. The van der Waals surface area contributed by atoms with Gasteiger partial charge in [-0.1, -0.05) is 0 Å². The Bertz CT molecular complexity index is 2020. The van der Waals surface area contributed by atoms with E-state index in [2.05, 4.69) is 36.1 Å². The first-order valence-electron chi connectivity index (χ1n) is 16.5. The number of nitriles is 1. The van der Waals surface area contributed by atoms with E-state index in [0.717, 1.165) is 82.0 Å². The molecule has 0 saturated carbocycles. The fraction of sp³-hybridized carbons (Fsp3) is 0.500. The van der Waals surface area contributed by atoms with Crippen molar-refractivity contribution in [1.82, 2.24) is 24.8 Å². The average molecular weight is 691 g/mol. The van der Waals surface area contributed by atoms with Crippen molar-refractivity contribution in [2.75, 3.05) is 62.7 Å². The van der Waals surface area contributed by atoms with Gasteiger partial charge in [0, 0.05) is 67.8 Å². The number of benzene rings is 1. The van der Waals surface area contributed by atoms with Crippen molar-refractivity contribution in [2.24, 2.45) is 0 Å². The third kappa shape index (κ3) is 5.75. The number of piperazine rings is 1. The van der Waals surface area contributed by atoms with Gasteiger partial charge in [0.15, 0.2) is 11.6 Å². The Morgan fingerprint density at radius 1 is 1.04 bits per heavy atom. The Morgan fingerprint density at radius 2 is 1.78 bits per heavy atom. The minimum absolute atomic E-state index is 0.0339. The lowest BCUT2D eigenvalue weighted by atomic mass is 9.94. The molecule has 4 aliphatic heterocycles. The number of nitrogens with one attached hydrogen (secondary N) is 1. The summed E-state index contributed by atoms with van der Waals surface area (Å²) < 4.78 is 48.8. The van der Waals surface area contributed by atoms with Crippen LogP contribution in [0.3, 0.4) is 0 Å². The fourth-order valence-electron chi connectivity index (χ4n) is 7.28. The molecule has 4 aromatic rings. The van der Waals surface area contributed by atoms with Gasteiger partial charge >= 0.3 is 6.09 Å². The minimum Gasteiger partial charge on any atom is -0.444 e. The highest BCUT2D eigenvalue weighted by molar-refractivity contribution is 7.23. The van der Waals surface area contributed by atoms with Crippen molar-refractivity contribution in [3.05, 3.63) is 40.7 Å². The van der Waals surface area contributed by atoms with Gasteiger partial charge in [-0.2, -0.15) is 5.26 Å². The maximum atomic E-state index is 17.0. The molecule has 3 saturated heterocycles. The van der Waals surface area contributed by atoms with Gasteiger partial charge in [-0.3, -0.25) is 20.1 Å². The molecule has 3 aromatic heterocycles. The molecule has 15 heteroatoms. The predicted molar refractivity (Wildman–Crippen MR) is 180 cm³/mol. The zero-order valence-electron chi connectivity index (χ0n) is 27.5. The number of carbonyl (C=O) groups excluding carboxylic acids is 1. The monoisotopic (exact) mass is 690 g/mol. The Balaban J connectivity index is 1.14. The van der Waals surface area contributed by atoms with Crippen molar-refractivity contribution in [2.45, 2.75) is 58.1 Å². The Morgan fingerprint density at radius 3 is 2.47 bits per heavy atom. The van der Waals surface area contributed by atoms with Crippen LogP contribution in [0.25, 0.3) is 32.2 Å². The van der Waals surface area contributed by atoms with Crippen LogP contribution in [0, 0.1) is 23.0 Å². The molecular formula is C34H36F2N8O4S. The Labute approximate surface area is 285 Å². The summed E-state index contributed by atoms with van der Waals surface area (Å²) in [4.78, 5) is 33.6. The van der Waals surface area contributed by atoms with E-state index in [4.69, 9.17) is 19.2 Å². The molecule has 0 unspecified atom stereocenters. The third-order valence-electron chi connectivity index (χ3n) is 9.77. The summed E-state index contributed by atoms with van der Waals surface area (Å²) in [6.45, 7) is 12.6. The number of rotatable bonds is 5. The third-order valence-corrected chi connectivity index (χ3v) is 10.9. The molecular weight excluding hydrogens is 654 g/mol. The number of pyridine rings is 1. The molecule has 1 atom stereocenters. The first-order chi connectivity index (χ1) is 23.6. The van der Waals surface area contributed by atoms with Gasteiger partial charge in [-0.25, -0.2) is 23.5 Å². The number of carbonyl (C=O) groups is 1. The molecule has 1 N–H and O–H groups in total. The summed E-state index contributed by atoms with van der Waals surface area (Å²) in [6, 6.07) is 2.98. The summed E-state index contributed by atoms with van der Waals surface area (Å²) in [5.41, 5.74) is 0.743. The van der Waals surface area contributed by atoms with Crippen molar-refractivity contribution < 1.29 is 27.8 Å². The first-order valence-corrected chi connectivity index (χ1v) is 17.3. The molecule has 1 amide bonds. The molecule has 0 aliphatic carbocycles. The van der Waals surface area contributed by atoms with E-state index in [9.17, 15) is 10.1 Å². The van der Waals surface area contributed by atoms with Crippen molar-refractivity contribution >= 4 is 49.4 Å². The van der Waals surface area contributed by atoms with E-state index in [1.807, 2.05) is 0 Å². The number of nitrogens with zero attached hydrogens (tertiary/aromatic N) is 7. The van der Waals surface area contributed by atoms with Crippen LogP contribution in [-0.2, 0) is 27.4 Å². The molecule has 12 nitrogen and oxygen atoms in total. The molecule has 1 aromatic carbocycles. The molecule has 7 heterocycles. The molecule has 256 valence electrons. The van der Waals surface area contributed by atoms with Gasteiger partial charge in [-0.15, -0.1) is 11.3 Å². The van der Waals surface area contributed by atoms with Gasteiger partial charge < -0.3 is 19.1 Å². The van der Waals surface area contributed by atoms with Gasteiger partial charge in [0.1, 0.15) is 22.2 Å². The van der Waals surface area contributed by atoms with Crippen LogP contribution in [0.4, 0.5) is 24.5 Å².